The fraction of sp³-hybridized carbons (Fsp3) is 0.625. The van der Waals surface area contributed by atoms with E-state index in [1.54, 1.807) is 7.11 Å². The Morgan fingerprint density at radius 2 is 1.42 bits per heavy atom. The highest BCUT2D eigenvalue weighted by molar-refractivity contribution is 7.80. The van der Waals surface area contributed by atoms with Crippen LogP contribution in [0.4, 0.5) is 0 Å². The summed E-state index contributed by atoms with van der Waals surface area (Å²) in [5, 5.41) is 0. The molecule has 0 aliphatic carbocycles. The van der Waals surface area contributed by atoms with Crippen LogP contribution in [0.1, 0.15) is 44.9 Å². The molecule has 0 N–H and O–H groups in total. The van der Waals surface area contributed by atoms with Crippen LogP contribution >= 0.6 is 12.6 Å². The molecule has 0 heterocycles. The van der Waals surface area contributed by atoms with Gasteiger partial charge in [-0.1, -0.05) is 44.2 Å². The van der Waals surface area contributed by atoms with Crippen LogP contribution in [-0.2, 0) is 0 Å². The normalized spacial score (nSPS) is 10.4. The number of ether oxygens (including phenoxy) is 2. The molecule has 2 nitrogen and oxygen atoms in total. The molecule has 0 saturated heterocycles. The van der Waals surface area contributed by atoms with E-state index in [1.807, 2.05) is 24.3 Å². The highest BCUT2D eigenvalue weighted by Gasteiger charge is 2.01. The van der Waals surface area contributed by atoms with Gasteiger partial charge in [-0.2, -0.15) is 12.6 Å². The maximum Gasteiger partial charge on any atom is 0.161 e. The minimum absolute atomic E-state index is 0.775. The van der Waals surface area contributed by atoms with Gasteiger partial charge in [0.1, 0.15) is 0 Å². The minimum atomic E-state index is 0.775. The molecule has 0 bridgehead atoms. The van der Waals surface area contributed by atoms with Crippen LogP contribution < -0.4 is 9.47 Å². The summed E-state index contributed by atoms with van der Waals surface area (Å²) in [7, 11) is 1.67. The summed E-state index contributed by atoms with van der Waals surface area (Å²) in [6.45, 7) is 0.775. The van der Waals surface area contributed by atoms with Crippen molar-refractivity contribution in [2.45, 2.75) is 44.9 Å². The molecule has 0 unspecified atom stereocenters. The van der Waals surface area contributed by atoms with E-state index in [9.17, 15) is 0 Å². The number of hydrogen-bond acceptors (Lipinski definition) is 3. The van der Waals surface area contributed by atoms with Crippen LogP contribution in [-0.4, -0.2) is 19.5 Å². The summed E-state index contributed by atoms with van der Waals surface area (Å²) in [6.07, 6.45) is 8.92. The van der Waals surface area contributed by atoms with E-state index < -0.39 is 0 Å². The van der Waals surface area contributed by atoms with Gasteiger partial charge in [0.25, 0.3) is 0 Å². The number of unbranched alkanes of at least 4 members (excludes halogenated alkanes) is 6. The van der Waals surface area contributed by atoms with Crippen molar-refractivity contribution in [3.8, 4) is 11.5 Å². The fourth-order valence-electron chi connectivity index (χ4n) is 2.02. The second-order valence-electron chi connectivity index (χ2n) is 4.70. The molecule has 3 heteroatoms. The van der Waals surface area contributed by atoms with Crippen molar-refractivity contribution >= 4 is 12.6 Å². The highest BCUT2D eigenvalue weighted by Crippen LogP contribution is 2.25. The molecule has 0 fully saturated rings. The topological polar surface area (TPSA) is 18.5 Å². The molecule has 1 aromatic carbocycles. The highest BCUT2D eigenvalue weighted by atomic mass is 32.1. The first-order valence-corrected chi connectivity index (χ1v) is 7.88. The zero-order valence-electron chi connectivity index (χ0n) is 11.9. The molecule has 0 aliphatic heterocycles. The van der Waals surface area contributed by atoms with Crippen molar-refractivity contribution in [3.05, 3.63) is 24.3 Å². The van der Waals surface area contributed by atoms with Crippen LogP contribution in [0.5, 0.6) is 11.5 Å². The van der Waals surface area contributed by atoms with E-state index in [1.165, 1.54) is 38.5 Å². The van der Waals surface area contributed by atoms with Gasteiger partial charge in [0.15, 0.2) is 11.5 Å². The Bertz CT molecular complexity index is 328. The van der Waals surface area contributed by atoms with Crippen molar-refractivity contribution in [2.24, 2.45) is 0 Å². The monoisotopic (exact) mass is 282 g/mol. The number of methoxy groups -OCH3 is 1. The van der Waals surface area contributed by atoms with Gasteiger partial charge in [0.2, 0.25) is 0 Å². The molecule has 0 radical (unpaired) electrons. The van der Waals surface area contributed by atoms with Crippen molar-refractivity contribution in [3.63, 3.8) is 0 Å². The van der Waals surface area contributed by atoms with Gasteiger partial charge in [-0.05, 0) is 30.7 Å². The lowest BCUT2D eigenvalue weighted by Gasteiger charge is -2.10. The van der Waals surface area contributed by atoms with Gasteiger partial charge >= 0.3 is 0 Å². The van der Waals surface area contributed by atoms with Crippen molar-refractivity contribution in [1.29, 1.82) is 0 Å². The van der Waals surface area contributed by atoms with Crippen LogP contribution in [0.25, 0.3) is 0 Å². The number of hydrogen-bond donors (Lipinski definition) is 1. The average molecular weight is 282 g/mol. The van der Waals surface area contributed by atoms with E-state index >= 15 is 0 Å². The van der Waals surface area contributed by atoms with Gasteiger partial charge < -0.3 is 9.47 Å². The summed E-state index contributed by atoms with van der Waals surface area (Å²) >= 11 is 4.22. The molecule has 1 rings (SSSR count). The van der Waals surface area contributed by atoms with Crippen LogP contribution in [0.15, 0.2) is 24.3 Å². The largest absolute Gasteiger partial charge is 0.493 e. The Morgan fingerprint density at radius 3 is 2.05 bits per heavy atom. The molecule has 1 aromatic rings. The first-order valence-electron chi connectivity index (χ1n) is 7.25. The second kappa shape index (κ2) is 11.0. The van der Waals surface area contributed by atoms with Gasteiger partial charge in [0.05, 0.1) is 13.7 Å². The number of rotatable bonds is 11. The predicted molar refractivity (Wildman–Crippen MR) is 84.7 cm³/mol. The van der Waals surface area contributed by atoms with E-state index in [-0.39, 0.29) is 0 Å². The molecular formula is C16H26O2S. The zero-order chi connectivity index (χ0) is 13.8. The quantitative estimate of drug-likeness (QED) is 0.467. The van der Waals surface area contributed by atoms with Crippen LogP contribution in [0.3, 0.4) is 0 Å². The third kappa shape index (κ3) is 7.36. The Morgan fingerprint density at radius 1 is 0.842 bits per heavy atom. The summed E-state index contributed by atoms with van der Waals surface area (Å²) in [6, 6.07) is 7.81. The minimum Gasteiger partial charge on any atom is -0.493 e. The molecule has 0 amide bonds. The molecule has 0 spiro atoms. The average Bonchev–Trinajstić information content (AvgIpc) is 2.46. The molecule has 108 valence electrons. The first-order chi connectivity index (χ1) is 9.38. The van der Waals surface area contributed by atoms with E-state index in [0.29, 0.717) is 0 Å². The molecule has 0 atom stereocenters. The maximum absolute atomic E-state index is 5.74. The second-order valence-corrected chi connectivity index (χ2v) is 5.15. The fourth-order valence-corrected chi connectivity index (χ4v) is 2.24. The van der Waals surface area contributed by atoms with Crippen LogP contribution in [0, 0.1) is 0 Å². The standard InChI is InChI=1S/C16H26O2S/c1-17-15-11-7-8-12-16(15)18-13-9-5-3-2-4-6-10-14-19/h7-8,11-12,19H,2-6,9-10,13-14H2,1H3. The van der Waals surface area contributed by atoms with E-state index in [4.69, 9.17) is 9.47 Å². The lowest BCUT2D eigenvalue weighted by molar-refractivity contribution is 0.284. The summed E-state index contributed by atoms with van der Waals surface area (Å²) in [5.41, 5.74) is 0. The number of para-hydroxylation sites is 2. The van der Waals surface area contributed by atoms with Crippen molar-refractivity contribution < 1.29 is 9.47 Å². The number of benzene rings is 1. The summed E-state index contributed by atoms with van der Waals surface area (Å²) < 4.78 is 11.0. The SMILES string of the molecule is COc1ccccc1OCCCCCCCCCS. The van der Waals surface area contributed by atoms with Crippen LogP contribution in [0.2, 0.25) is 0 Å². The molecule has 0 aromatic heterocycles. The number of thiol groups is 1. The van der Waals surface area contributed by atoms with E-state index in [2.05, 4.69) is 12.6 Å². The Kier molecular flexibility index (Phi) is 9.42. The third-order valence-corrected chi connectivity index (χ3v) is 3.45. The smallest absolute Gasteiger partial charge is 0.161 e. The molecule has 0 aliphatic rings. The first kappa shape index (κ1) is 16.2. The Hall–Kier alpha value is -0.830. The maximum atomic E-state index is 5.74. The lowest BCUT2D eigenvalue weighted by Crippen LogP contribution is -1.99. The van der Waals surface area contributed by atoms with Gasteiger partial charge in [0, 0.05) is 0 Å². The van der Waals surface area contributed by atoms with Gasteiger partial charge in [-0.15, -0.1) is 0 Å². The predicted octanol–water partition coefficient (Wildman–Crippen LogP) is 4.73. The third-order valence-electron chi connectivity index (χ3n) is 3.13. The molecular weight excluding hydrogens is 256 g/mol. The Balaban J connectivity index is 2.01. The molecule has 19 heavy (non-hydrogen) atoms. The Labute approximate surface area is 122 Å². The summed E-state index contributed by atoms with van der Waals surface area (Å²) in [5.74, 6) is 2.68. The summed E-state index contributed by atoms with van der Waals surface area (Å²) in [4.78, 5) is 0. The zero-order valence-corrected chi connectivity index (χ0v) is 12.8. The van der Waals surface area contributed by atoms with Crippen molar-refractivity contribution in [2.75, 3.05) is 19.5 Å². The lowest BCUT2D eigenvalue weighted by atomic mass is 10.1. The van der Waals surface area contributed by atoms with Gasteiger partial charge in [-0.25, -0.2) is 0 Å². The molecule has 0 saturated carbocycles. The van der Waals surface area contributed by atoms with Gasteiger partial charge in [-0.3, -0.25) is 0 Å². The van der Waals surface area contributed by atoms with E-state index in [0.717, 1.165) is 30.3 Å². The van der Waals surface area contributed by atoms with Crippen molar-refractivity contribution in [1.82, 2.24) is 0 Å².